The van der Waals surface area contributed by atoms with Crippen LogP contribution >= 0.6 is 11.8 Å². The van der Waals surface area contributed by atoms with E-state index < -0.39 is 0 Å². The summed E-state index contributed by atoms with van der Waals surface area (Å²) in [6.45, 7) is 0. The van der Waals surface area contributed by atoms with Crippen LogP contribution in [0.5, 0.6) is 0 Å². The summed E-state index contributed by atoms with van der Waals surface area (Å²) >= 11 is 1.38. The maximum Gasteiger partial charge on any atom is 0.264 e. The standard InChI is InChI=1S/C24H16N2OS/c27-23-22(15-18-11-5-9-16-7-1-3-12-19(16)18)28-24(26-23)25-21-14-6-10-17-8-2-4-13-20(17)21/h1-15H,(H,25,26,27). The third-order valence-electron chi connectivity index (χ3n) is 4.75. The molecule has 0 aromatic heterocycles. The van der Waals surface area contributed by atoms with Crippen molar-refractivity contribution in [2.24, 2.45) is 4.99 Å². The van der Waals surface area contributed by atoms with Crippen molar-refractivity contribution in [2.75, 3.05) is 0 Å². The van der Waals surface area contributed by atoms with Crippen molar-refractivity contribution >= 4 is 56.1 Å². The molecule has 3 nitrogen and oxygen atoms in total. The average Bonchev–Trinajstić information content (AvgIpc) is 3.07. The van der Waals surface area contributed by atoms with Gasteiger partial charge in [-0.05, 0) is 45.6 Å². The second-order valence-electron chi connectivity index (χ2n) is 6.55. The second kappa shape index (κ2) is 6.98. The van der Waals surface area contributed by atoms with Crippen LogP contribution in [0.2, 0.25) is 0 Å². The highest BCUT2D eigenvalue weighted by molar-refractivity contribution is 8.18. The number of amides is 1. The molecule has 134 valence electrons. The number of nitrogens with one attached hydrogen (secondary N) is 1. The normalized spacial score (nSPS) is 16.9. The fourth-order valence-corrected chi connectivity index (χ4v) is 4.24. The SMILES string of the molecule is O=C1NC(=Nc2cccc3ccccc23)SC1=Cc1cccc2ccccc12. The Morgan fingerprint density at radius 3 is 2.21 bits per heavy atom. The lowest BCUT2D eigenvalue weighted by atomic mass is 10.0. The van der Waals surface area contributed by atoms with Crippen molar-refractivity contribution in [3.05, 3.63) is 95.4 Å². The van der Waals surface area contributed by atoms with Crippen LogP contribution in [0.3, 0.4) is 0 Å². The zero-order valence-corrected chi connectivity index (χ0v) is 15.7. The number of aliphatic imine (C=N–C) groups is 1. The summed E-state index contributed by atoms with van der Waals surface area (Å²) < 4.78 is 0. The molecular weight excluding hydrogens is 364 g/mol. The summed E-state index contributed by atoms with van der Waals surface area (Å²) in [5, 5.41) is 7.98. The molecule has 4 aromatic carbocycles. The lowest BCUT2D eigenvalue weighted by molar-refractivity contribution is -0.115. The molecule has 4 aromatic rings. The minimum absolute atomic E-state index is 0.114. The zero-order chi connectivity index (χ0) is 18.9. The van der Waals surface area contributed by atoms with Crippen LogP contribution in [0, 0.1) is 0 Å². The number of nitrogens with zero attached hydrogens (tertiary/aromatic N) is 1. The van der Waals surface area contributed by atoms with E-state index in [1.807, 2.05) is 60.7 Å². The number of rotatable bonds is 2. The Kier molecular flexibility index (Phi) is 4.18. The van der Waals surface area contributed by atoms with Gasteiger partial charge in [-0.2, -0.15) is 0 Å². The predicted molar refractivity (Wildman–Crippen MR) is 119 cm³/mol. The Balaban J connectivity index is 1.52. The first-order valence-corrected chi connectivity index (χ1v) is 9.85. The van der Waals surface area contributed by atoms with Gasteiger partial charge >= 0.3 is 0 Å². The summed E-state index contributed by atoms with van der Waals surface area (Å²) in [7, 11) is 0. The molecule has 0 aliphatic carbocycles. The molecule has 1 heterocycles. The molecule has 1 aliphatic rings. The molecule has 1 N–H and O–H groups in total. The topological polar surface area (TPSA) is 41.5 Å². The molecule has 1 fully saturated rings. The smallest absolute Gasteiger partial charge is 0.264 e. The van der Waals surface area contributed by atoms with Gasteiger partial charge in [-0.15, -0.1) is 0 Å². The van der Waals surface area contributed by atoms with Gasteiger partial charge in [0.05, 0.1) is 10.6 Å². The van der Waals surface area contributed by atoms with Gasteiger partial charge in [0.2, 0.25) is 0 Å². The minimum Gasteiger partial charge on any atom is -0.300 e. The molecule has 0 bridgehead atoms. The van der Waals surface area contributed by atoms with E-state index in [1.54, 1.807) is 0 Å². The van der Waals surface area contributed by atoms with Crippen LogP contribution < -0.4 is 5.32 Å². The zero-order valence-electron chi connectivity index (χ0n) is 14.9. The Morgan fingerprint density at radius 1 is 0.750 bits per heavy atom. The number of carbonyl (C=O) groups is 1. The van der Waals surface area contributed by atoms with Crippen molar-refractivity contribution < 1.29 is 4.79 Å². The van der Waals surface area contributed by atoms with E-state index in [4.69, 9.17) is 4.99 Å². The Bertz CT molecular complexity index is 1280. The molecule has 1 aliphatic heterocycles. The summed E-state index contributed by atoms with van der Waals surface area (Å²) in [6.07, 6.45) is 1.94. The van der Waals surface area contributed by atoms with E-state index in [1.165, 1.54) is 11.8 Å². The van der Waals surface area contributed by atoms with E-state index in [-0.39, 0.29) is 5.91 Å². The average molecular weight is 380 g/mol. The van der Waals surface area contributed by atoms with Gasteiger partial charge < -0.3 is 5.32 Å². The highest BCUT2D eigenvalue weighted by Crippen LogP contribution is 2.32. The number of benzene rings is 4. The molecule has 4 heteroatoms. The second-order valence-corrected chi connectivity index (χ2v) is 7.58. The number of fused-ring (bicyclic) bond motifs is 2. The first kappa shape index (κ1) is 16.8. The van der Waals surface area contributed by atoms with Crippen LogP contribution in [0.15, 0.2) is 94.8 Å². The Morgan fingerprint density at radius 2 is 1.39 bits per heavy atom. The summed E-state index contributed by atoms with van der Waals surface area (Å²) in [5.74, 6) is -0.114. The molecule has 1 amide bonds. The van der Waals surface area contributed by atoms with Crippen LogP contribution in [0.1, 0.15) is 5.56 Å². The van der Waals surface area contributed by atoms with Gasteiger partial charge in [0.15, 0.2) is 5.17 Å². The van der Waals surface area contributed by atoms with Gasteiger partial charge in [0.1, 0.15) is 0 Å². The molecule has 0 spiro atoms. The summed E-state index contributed by atoms with van der Waals surface area (Å²) in [4.78, 5) is 17.8. The lowest BCUT2D eigenvalue weighted by Crippen LogP contribution is -2.19. The Hall–Kier alpha value is -3.37. The molecule has 0 saturated carbocycles. The van der Waals surface area contributed by atoms with Gasteiger partial charge in [-0.3, -0.25) is 4.79 Å². The number of hydrogen-bond donors (Lipinski definition) is 1. The number of thioether (sulfide) groups is 1. The van der Waals surface area contributed by atoms with Crippen LogP contribution in [-0.2, 0) is 4.79 Å². The minimum atomic E-state index is -0.114. The van der Waals surface area contributed by atoms with E-state index >= 15 is 0 Å². The van der Waals surface area contributed by atoms with Crippen molar-refractivity contribution in [3.63, 3.8) is 0 Å². The van der Waals surface area contributed by atoms with Crippen LogP contribution in [-0.4, -0.2) is 11.1 Å². The van der Waals surface area contributed by atoms with E-state index in [0.717, 1.165) is 32.8 Å². The van der Waals surface area contributed by atoms with Crippen LogP contribution in [0.25, 0.3) is 27.6 Å². The van der Waals surface area contributed by atoms with Gasteiger partial charge in [0, 0.05) is 5.39 Å². The number of amidine groups is 1. The predicted octanol–water partition coefficient (Wildman–Crippen LogP) is 5.88. The molecule has 5 rings (SSSR count). The molecule has 28 heavy (non-hydrogen) atoms. The largest absolute Gasteiger partial charge is 0.300 e. The first-order valence-electron chi connectivity index (χ1n) is 9.03. The maximum absolute atomic E-state index is 12.5. The Labute approximate surface area is 166 Å². The first-order chi connectivity index (χ1) is 13.8. The van der Waals surface area contributed by atoms with Gasteiger partial charge in [-0.25, -0.2) is 4.99 Å². The fourth-order valence-electron chi connectivity index (χ4n) is 3.41. The number of hydrogen-bond acceptors (Lipinski definition) is 3. The van der Waals surface area contributed by atoms with Gasteiger partial charge in [-0.1, -0.05) is 78.9 Å². The van der Waals surface area contributed by atoms with Gasteiger partial charge in [0.25, 0.3) is 5.91 Å². The molecular formula is C24H16N2OS. The summed E-state index contributed by atoms with van der Waals surface area (Å²) in [5.41, 5.74) is 1.88. The molecule has 0 radical (unpaired) electrons. The van der Waals surface area contributed by atoms with E-state index in [0.29, 0.717) is 10.1 Å². The van der Waals surface area contributed by atoms with Crippen molar-refractivity contribution in [1.82, 2.24) is 5.32 Å². The molecule has 0 atom stereocenters. The monoisotopic (exact) mass is 380 g/mol. The van der Waals surface area contributed by atoms with Crippen molar-refractivity contribution in [1.29, 1.82) is 0 Å². The van der Waals surface area contributed by atoms with Crippen LogP contribution in [0.4, 0.5) is 5.69 Å². The number of carbonyl (C=O) groups excluding carboxylic acids is 1. The fraction of sp³-hybridized carbons (Fsp3) is 0. The summed E-state index contributed by atoms with van der Waals surface area (Å²) in [6, 6.07) is 28.4. The van der Waals surface area contributed by atoms with Crippen molar-refractivity contribution in [2.45, 2.75) is 0 Å². The highest BCUT2D eigenvalue weighted by Gasteiger charge is 2.24. The quantitative estimate of drug-likeness (QED) is 0.441. The maximum atomic E-state index is 12.5. The highest BCUT2D eigenvalue weighted by atomic mass is 32.2. The molecule has 1 saturated heterocycles. The third-order valence-corrected chi connectivity index (χ3v) is 5.66. The van der Waals surface area contributed by atoms with E-state index in [2.05, 4.69) is 35.6 Å². The van der Waals surface area contributed by atoms with Crippen molar-refractivity contribution in [3.8, 4) is 0 Å². The molecule has 0 unspecified atom stereocenters. The van der Waals surface area contributed by atoms with E-state index in [9.17, 15) is 4.79 Å². The third kappa shape index (κ3) is 3.08. The lowest BCUT2D eigenvalue weighted by Gasteiger charge is -2.02.